The molecule has 1 aromatic rings. The third kappa shape index (κ3) is 3.36. The standard InChI is InChI=1S/C15H21NOS/c1-11-4-5-14(12(2)8-11)15(17)10-16-6-7-18-13(3)9-16/h4-5,8,13H,6-7,9-10H2,1-3H3. The average Bonchev–Trinajstić information content (AvgIpc) is 2.28. The van der Waals surface area contributed by atoms with Gasteiger partial charge in [-0.05, 0) is 19.4 Å². The molecule has 18 heavy (non-hydrogen) atoms. The van der Waals surface area contributed by atoms with E-state index in [4.69, 9.17) is 0 Å². The lowest BCUT2D eigenvalue weighted by molar-refractivity contribution is 0.0933. The third-order valence-electron chi connectivity index (χ3n) is 3.37. The molecule has 1 aliphatic rings. The van der Waals surface area contributed by atoms with Crippen LogP contribution >= 0.6 is 11.8 Å². The zero-order chi connectivity index (χ0) is 13.1. The Kier molecular flexibility index (Phi) is 4.46. The Hall–Kier alpha value is -0.800. The van der Waals surface area contributed by atoms with Crippen molar-refractivity contribution in [2.75, 3.05) is 25.4 Å². The van der Waals surface area contributed by atoms with Crippen molar-refractivity contribution < 1.29 is 4.79 Å². The molecular weight excluding hydrogens is 242 g/mol. The highest BCUT2D eigenvalue weighted by molar-refractivity contribution is 7.99. The Balaban J connectivity index is 2.03. The van der Waals surface area contributed by atoms with E-state index in [1.54, 1.807) is 0 Å². The molecule has 1 atom stereocenters. The van der Waals surface area contributed by atoms with Gasteiger partial charge in [0.25, 0.3) is 0 Å². The second-order valence-corrected chi connectivity index (χ2v) is 6.70. The summed E-state index contributed by atoms with van der Waals surface area (Å²) < 4.78 is 0. The van der Waals surface area contributed by atoms with Crippen LogP contribution in [-0.2, 0) is 0 Å². The van der Waals surface area contributed by atoms with Crippen molar-refractivity contribution in [2.45, 2.75) is 26.0 Å². The first-order valence-corrected chi connectivity index (χ1v) is 7.55. The van der Waals surface area contributed by atoms with Gasteiger partial charge in [-0.2, -0.15) is 11.8 Å². The summed E-state index contributed by atoms with van der Waals surface area (Å²) in [6.45, 7) is 8.94. The van der Waals surface area contributed by atoms with E-state index in [1.165, 1.54) is 5.56 Å². The van der Waals surface area contributed by atoms with E-state index < -0.39 is 0 Å². The summed E-state index contributed by atoms with van der Waals surface area (Å²) in [7, 11) is 0. The van der Waals surface area contributed by atoms with Crippen molar-refractivity contribution in [3.8, 4) is 0 Å². The number of Topliss-reactive ketones (excluding diaryl/α,β-unsaturated/α-hetero) is 1. The van der Waals surface area contributed by atoms with Crippen molar-refractivity contribution in [1.29, 1.82) is 0 Å². The summed E-state index contributed by atoms with van der Waals surface area (Å²) in [6.07, 6.45) is 0. The number of carbonyl (C=O) groups is 1. The Bertz CT molecular complexity index is 444. The van der Waals surface area contributed by atoms with Crippen LogP contribution in [0.2, 0.25) is 0 Å². The van der Waals surface area contributed by atoms with Crippen molar-refractivity contribution in [2.24, 2.45) is 0 Å². The van der Waals surface area contributed by atoms with Crippen LogP contribution in [0.25, 0.3) is 0 Å². The van der Waals surface area contributed by atoms with Crippen LogP contribution < -0.4 is 0 Å². The number of thioether (sulfide) groups is 1. The zero-order valence-corrected chi connectivity index (χ0v) is 12.2. The zero-order valence-electron chi connectivity index (χ0n) is 11.4. The maximum atomic E-state index is 12.3. The van der Waals surface area contributed by atoms with E-state index in [-0.39, 0.29) is 5.78 Å². The van der Waals surface area contributed by atoms with Crippen LogP contribution in [0, 0.1) is 13.8 Å². The van der Waals surface area contributed by atoms with Crippen LogP contribution in [0.3, 0.4) is 0 Å². The van der Waals surface area contributed by atoms with Gasteiger partial charge in [-0.1, -0.05) is 30.7 Å². The molecule has 98 valence electrons. The van der Waals surface area contributed by atoms with Gasteiger partial charge in [-0.3, -0.25) is 9.69 Å². The molecule has 0 radical (unpaired) electrons. The summed E-state index contributed by atoms with van der Waals surface area (Å²) >= 11 is 2.00. The van der Waals surface area contributed by atoms with Gasteiger partial charge in [0.05, 0.1) is 6.54 Å². The Morgan fingerprint density at radius 3 is 2.89 bits per heavy atom. The molecule has 0 N–H and O–H groups in total. The van der Waals surface area contributed by atoms with E-state index in [0.717, 1.165) is 30.0 Å². The molecule has 1 heterocycles. The van der Waals surface area contributed by atoms with Gasteiger partial charge in [0.1, 0.15) is 0 Å². The second-order valence-electron chi connectivity index (χ2n) is 5.16. The van der Waals surface area contributed by atoms with Gasteiger partial charge in [-0.15, -0.1) is 0 Å². The van der Waals surface area contributed by atoms with Crippen LogP contribution in [0.5, 0.6) is 0 Å². The predicted octanol–water partition coefficient (Wildman–Crippen LogP) is 2.92. The highest BCUT2D eigenvalue weighted by Gasteiger charge is 2.20. The minimum absolute atomic E-state index is 0.256. The number of carbonyl (C=O) groups excluding carboxylic acids is 1. The Morgan fingerprint density at radius 1 is 1.44 bits per heavy atom. The van der Waals surface area contributed by atoms with Crippen molar-refractivity contribution >= 4 is 17.5 Å². The number of aryl methyl sites for hydroxylation is 2. The minimum atomic E-state index is 0.256. The van der Waals surface area contributed by atoms with Crippen molar-refractivity contribution in [3.05, 3.63) is 34.9 Å². The number of benzene rings is 1. The summed E-state index contributed by atoms with van der Waals surface area (Å²) in [5.74, 6) is 1.40. The molecule has 1 unspecified atom stereocenters. The average molecular weight is 263 g/mol. The van der Waals surface area contributed by atoms with Crippen molar-refractivity contribution in [1.82, 2.24) is 4.90 Å². The molecule has 1 saturated heterocycles. The van der Waals surface area contributed by atoms with Gasteiger partial charge < -0.3 is 0 Å². The maximum Gasteiger partial charge on any atom is 0.177 e. The Morgan fingerprint density at radius 2 is 2.22 bits per heavy atom. The Labute approximate surface area is 114 Å². The summed E-state index contributed by atoms with van der Waals surface area (Å²) in [5.41, 5.74) is 3.19. The van der Waals surface area contributed by atoms with Crippen molar-refractivity contribution in [3.63, 3.8) is 0 Å². The molecule has 1 aliphatic heterocycles. The van der Waals surface area contributed by atoms with E-state index >= 15 is 0 Å². The number of ketones is 1. The molecule has 0 aromatic heterocycles. The molecule has 2 nitrogen and oxygen atoms in total. The fourth-order valence-electron chi connectivity index (χ4n) is 2.45. The summed E-state index contributed by atoms with van der Waals surface area (Å²) in [6, 6.07) is 6.08. The monoisotopic (exact) mass is 263 g/mol. The van der Waals surface area contributed by atoms with E-state index in [9.17, 15) is 4.79 Å². The van der Waals surface area contributed by atoms with Gasteiger partial charge in [-0.25, -0.2) is 0 Å². The smallest absolute Gasteiger partial charge is 0.177 e. The van der Waals surface area contributed by atoms with E-state index in [1.807, 2.05) is 30.8 Å². The lowest BCUT2D eigenvalue weighted by atomic mass is 10.0. The normalized spacial score (nSPS) is 20.9. The summed E-state index contributed by atoms with van der Waals surface area (Å²) in [4.78, 5) is 14.6. The molecule has 2 rings (SSSR count). The largest absolute Gasteiger partial charge is 0.294 e. The molecule has 1 aromatic carbocycles. The topological polar surface area (TPSA) is 20.3 Å². The molecule has 0 aliphatic carbocycles. The number of hydrogen-bond donors (Lipinski definition) is 0. The van der Waals surface area contributed by atoms with Crippen LogP contribution in [-0.4, -0.2) is 41.3 Å². The van der Waals surface area contributed by atoms with E-state index in [2.05, 4.69) is 24.8 Å². The highest BCUT2D eigenvalue weighted by atomic mass is 32.2. The van der Waals surface area contributed by atoms with Gasteiger partial charge in [0.15, 0.2) is 5.78 Å². The molecule has 0 spiro atoms. The van der Waals surface area contributed by atoms with Crippen LogP contribution in [0.4, 0.5) is 0 Å². The lowest BCUT2D eigenvalue weighted by Crippen LogP contribution is -2.40. The highest BCUT2D eigenvalue weighted by Crippen LogP contribution is 2.18. The molecule has 3 heteroatoms. The number of rotatable bonds is 3. The van der Waals surface area contributed by atoms with Gasteiger partial charge >= 0.3 is 0 Å². The van der Waals surface area contributed by atoms with Gasteiger partial charge in [0, 0.05) is 29.7 Å². The quantitative estimate of drug-likeness (QED) is 0.782. The predicted molar refractivity (Wildman–Crippen MR) is 78.6 cm³/mol. The molecule has 0 amide bonds. The molecule has 0 saturated carbocycles. The maximum absolute atomic E-state index is 12.3. The molecule has 1 fully saturated rings. The molecule has 0 bridgehead atoms. The fourth-order valence-corrected chi connectivity index (χ4v) is 3.53. The van der Waals surface area contributed by atoms with Gasteiger partial charge in [0.2, 0.25) is 0 Å². The molecular formula is C15H21NOS. The second kappa shape index (κ2) is 5.89. The number of hydrogen-bond acceptors (Lipinski definition) is 3. The number of nitrogens with zero attached hydrogens (tertiary/aromatic N) is 1. The first-order valence-electron chi connectivity index (χ1n) is 6.50. The fraction of sp³-hybridized carbons (Fsp3) is 0.533. The lowest BCUT2D eigenvalue weighted by Gasteiger charge is -2.29. The first-order chi connectivity index (χ1) is 8.56. The third-order valence-corrected chi connectivity index (χ3v) is 4.51. The van der Waals surface area contributed by atoms with E-state index in [0.29, 0.717) is 11.8 Å². The SMILES string of the molecule is Cc1ccc(C(=O)CN2CCSC(C)C2)c(C)c1. The van der Waals surface area contributed by atoms with Crippen LogP contribution in [0.15, 0.2) is 18.2 Å². The minimum Gasteiger partial charge on any atom is -0.294 e. The van der Waals surface area contributed by atoms with Crippen LogP contribution in [0.1, 0.15) is 28.4 Å². The first kappa shape index (κ1) is 13.6. The summed E-state index contributed by atoms with van der Waals surface area (Å²) in [5, 5.41) is 0.644.